The summed E-state index contributed by atoms with van der Waals surface area (Å²) in [4.78, 5) is 33.4. The lowest BCUT2D eigenvalue weighted by Crippen LogP contribution is -2.50. The van der Waals surface area contributed by atoms with E-state index in [1.807, 2.05) is 0 Å². The number of carboxylic acids is 1. The van der Waals surface area contributed by atoms with Crippen molar-refractivity contribution in [1.82, 2.24) is 5.32 Å². The SMILES string of the molecule is CCC(C)C(=O)OC(O)C(C)NC(=O)C(N)CC(=O)O. The highest BCUT2D eigenvalue weighted by atomic mass is 16.6. The van der Waals surface area contributed by atoms with Crippen LogP contribution < -0.4 is 11.1 Å². The first-order chi connectivity index (χ1) is 9.18. The van der Waals surface area contributed by atoms with Crippen molar-refractivity contribution in [1.29, 1.82) is 0 Å². The van der Waals surface area contributed by atoms with Gasteiger partial charge in [-0.25, -0.2) is 0 Å². The minimum atomic E-state index is -1.52. The molecular formula is C12H22N2O6. The number of aliphatic hydroxyl groups excluding tert-OH is 1. The van der Waals surface area contributed by atoms with Gasteiger partial charge in [0.05, 0.1) is 24.4 Å². The van der Waals surface area contributed by atoms with Crippen LogP contribution in [0.15, 0.2) is 0 Å². The highest BCUT2D eigenvalue weighted by Crippen LogP contribution is 2.06. The zero-order valence-corrected chi connectivity index (χ0v) is 11.8. The maximum absolute atomic E-state index is 11.5. The number of hydrogen-bond acceptors (Lipinski definition) is 6. The average molecular weight is 290 g/mol. The van der Waals surface area contributed by atoms with Crippen molar-refractivity contribution in [3.63, 3.8) is 0 Å². The summed E-state index contributed by atoms with van der Waals surface area (Å²) in [5, 5.41) is 20.4. The topological polar surface area (TPSA) is 139 Å². The van der Waals surface area contributed by atoms with Crippen LogP contribution in [-0.2, 0) is 19.1 Å². The number of carboxylic acid groups (broad SMARTS) is 1. The lowest BCUT2D eigenvalue weighted by molar-refractivity contribution is -0.177. The molecule has 1 amide bonds. The van der Waals surface area contributed by atoms with Gasteiger partial charge in [0.2, 0.25) is 12.2 Å². The van der Waals surface area contributed by atoms with E-state index in [1.54, 1.807) is 13.8 Å². The summed E-state index contributed by atoms with van der Waals surface area (Å²) in [5.41, 5.74) is 5.36. The highest BCUT2D eigenvalue weighted by Gasteiger charge is 2.25. The third-order valence-corrected chi connectivity index (χ3v) is 2.78. The van der Waals surface area contributed by atoms with E-state index < -0.39 is 42.6 Å². The first-order valence-electron chi connectivity index (χ1n) is 6.35. The molecule has 5 N–H and O–H groups in total. The van der Waals surface area contributed by atoms with Gasteiger partial charge in [0.25, 0.3) is 0 Å². The van der Waals surface area contributed by atoms with E-state index in [0.717, 1.165) is 0 Å². The minimum absolute atomic E-state index is 0.359. The smallest absolute Gasteiger partial charge is 0.311 e. The Kier molecular flexibility index (Phi) is 7.78. The molecule has 4 unspecified atom stereocenters. The van der Waals surface area contributed by atoms with Crippen molar-refractivity contribution in [3.8, 4) is 0 Å². The van der Waals surface area contributed by atoms with E-state index in [0.29, 0.717) is 6.42 Å². The van der Waals surface area contributed by atoms with Gasteiger partial charge >= 0.3 is 11.9 Å². The first-order valence-corrected chi connectivity index (χ1v) is 6.35. The van der Waals surface area contributed by atoms with Crippen LogP contribution in [0.4, 0.5) is 0 Å². The maximum atomic E-state index is 11.5. The van der Waals surface area contributed by atoms with Crippen molar-refractivity contribution >= 4 is 17.8 Å². The molecule has 0 aliphatic heterocycles. The second-order valence-electron chi connectivity index (χ2n) is 4.64. The number of carbonyl (C=O) groups excluding carboxylic acids is 2. The summed E-state index contributed by atoms with van der Waals surface area (Å²) in [5.74, 6) is -2.87. The van der Waals surface area contributed by atoms with Crippen LogP contribution in [0, 0.1) is 5.92 Å². The van der Waals surface area contributed by atoms with Crippen LogP contribution in [-0.4, -0.2) is 46.4 Å². The predicted molar refractivity (Wildman–Crippen MR) is 69.4 cm³/mol. The first kappa shape index (κ1) is 18.3. The van der Waals surface area contributed by atoms with Gasteiger partial charge in [0, 0.05) is 0 Å². The van der Waals surface area contributed by atoms with Crippen LogP contribution >= 0.6 is 0 Å². The Labute approximate surface area is 117 Å². The third-order valence-electron chi connectivity index (χ3n) is 2.78. The molecule has 8 nitrogen and oxygen atoms in total. The molecule has 0 fully saturated rings. The Balaban J connectivity index is 4.31. The van der Waals surface area contributed by atoms with E-state index in [9.17, 15) is 19.5 Å². The van der Waals surface area contributed by atoms with Gasteiger partial charge < -0.3 is 26.0 Å². The Morgan fingerprint density at radius 2 is 1.85 bits per heavy atom. The van der Waals surface area contributed by atoms with E-state index in [4.69, 9.17) is 15.6 Å². The number of aliphatic carboxylic acids is 1. The molecule has 0 bridgehead atoms. The second kappa shape index (κ2) is 8.49. The summed E-state index contributed by atoms with van der Waals surface area (Å²) in [7, 11) is 0. The molecule has 0 rings (SSSR count). The van der Waals surface area contributed by atoms with Gasteiger partial charge in [0.1, 0.15) is 0 Å². The lowest BCUT2D eigenvalue weighted by atomic mass is 10.1. The van der Waals surface area contributed by atoms with Crippen LogP contribution in [0.1, 0.15) is 33.6 Å². The molecule has 4 atom stereocenters. The molecule has 0 radical (unpaired) electrons. The molecule has 0 aliphatic rings. The number of amides is 1. The fourth-order valence-electron chi connectivity index (χ4n) is 1.19. The summed E-state index contributed by atoms with van der Waals surface area (Å²) < 4.78 is 4.77. The number of esters is 1. The van der Waals surface area contributed by atoms with Gasteiger partial charge in [-0.1, -0.05) is 13.8 Å². The summed E-state index contributed by atoms with van der Waals surface area (Å²) in [6.45, 7) is 4.87. The minimum Gasteiger partial charge on any atom is -0.481 e. The molecule has 0 aromatic heterocycles. The van der Waals surface area contributed by atoms with Crippen molar-refractivity contribution in [2.45, 2.75) is 52.0 Å². The van der Waals surface area contributed by atoms with Crippen LogP contribution in [0.3, 0.4) is 0 Å². The molecule has 0 aliphatic carbocycles. The van der Waals surface area contributed by atoms with Crippen LogP contribution in [0.25, 0.3) is 0 Å². The van der Waals surface area contributed by atoms with Crippen molar-refractivity contribution in [3.05, 3.63) is 0 Å². The number of aliphatic hydroxyl groups is 1. The number of nitrogens with two attached hydrogens (primary N) is 1. The van der Waals surface area contributed by atoms with Crippen LogP contribution in [0.5, 0.6) is 0 Å². The molecule has 0 saturated heterocycles. The van der Waals surface area contributed by atoms with E-state index >= 15 is 0 Å². The van der Waals surface area contributed by atoms with E-state index in [1.165, 1.54) is 6.92 Å². The summed E-state index contributed by atoms with van der Waals surface area (Å²) >= 11 is 0. The molecule has 0 aromatic rings. The zero-order valence-electron chi connectivity index (χ0n) is 11.8. The molecule has 0 spiro atoms. The molecule has 116 valence electrons. The number of nitrogens with one attached hydrogen (secondary N) is 1. The molecule has 0 saturated carbocycles. The van der Waals surface area contributed by atoms with E-state index in [2.05, 4.69) is 5.32 Å². The Bertz CT molecular complexity index is 360. The number of carbonyl (C=O) groups is 3. The molecule has 0 aromatic carbocycles. The number of rotatable bonds is 8. The third kappa shape index (κ3) is 6.48. The van der Waals surface area contributed by atoms with Gasteiger partial charge in [0.15, 0.2) is 0 Å². The Morgan fingerprint density at radius 3 is 2.30 bits per heavy atom. The predicted octanol–water partition coefficient (Wildman–Crippen LogP) is -0.799. The fraction of sp³-hybridized carbons (Fsp3) is 0.750. The molecule has 0 heterocycles. The normalized spacial score (nSPS) is 16.6. The monoisotopic (exact) mass is 290 g/mol. The number of ether oxygens (including phenoxy) is 1. The maximum Gasteiger partial charge on any atom is 0.311 e. The van der Waals surface area contributed by atoms with Crippen molar-refractivity contribution in [2.24, 2.45) is 11.7 Å². The average Bonchev–Trinajstić information content (AvgIpc) is 2.36. The second-order valence-corrected chi connectivity index (χ2v) is 4.64. The molecular weight excluding hydrogens is 268 g/mol. The standard InChI is InChI=1S/C12H22N2O6/c1-4-6(2)11(18)20-12(19)7(3)14-10(17)8(13)5-9(15)16/h6-8,12,19H,4-5,13H2,1-3H3,(H,14,17)(H,15,16). The lowest BCUT2D eigenvalue weighted by Gasteiger charge is -2.22. The Morgan fingerprint density at radius 1 is 1.30 bits per heavy atom. The molecule has 20 heavy (non-hydrogen) atoms. The van der Waals surface area contributed by atoms with Crippen LogP contribution in [0.2, 0.25) is 0 Å². The van der Waals surface area contributed by atoms with Crippen molar-refractivity contribution < 1.29 is 29.3 Å². The highest BCUT2D eigenvalue weighted by molar-refractivity contribution is 5.86. The zero-order chi connectivity index (χ0) is 15.9. The largest absolute Gasteiger partial charge is 0.481 e. The molecule has 8 heteroatoms. The number of hydrogen-bond donors (Lipinski definition) is 4. The summed E-state index contributed by atoms with van der Waals surface area (Å²) in [6.07, 6.45) is -1.48. The van der Waals surface area contributed by atoms with E-state index in [-0.39, 0.29) is 5.92 Å². The van der Waals surface area contributed by atoms with Gasteiger partial charge in [-0.05, 0) is 13.3 Å². The van der Waals surface area contributed by atoms with Crippen molar-refractivity contribution in [2.75, 3.05) is 0 Å². The van der Waals surface area contributed by atoms with Gasteiger partial charge in [-0.15, -0.1) is 0 Å². The fourth-order valence-corrected chi connectivity index (χ4v) is 1.19. The Hall–Kier alpha value is -1.67. The summed E-state index contributed by atoms with van der Waals surface area (Å²) in [6, 6.07) is -2.12. The van der Waals surface area contributed by atoms with Gasteiger partial charge in [-0.2, -0.15) is 0 Å². The quantitative estimate of drug-likeness (QED) is 0.339. The van der Waals surface area contributed by atoms with Gasteiger partial charge in [-0.3, -0.25) is 14.4 Å².